The van der Waals surface area contributed by atoms with Gasteiger partial charge in [-0.1, -0.05) is 11.6 Å². The van der Waals surface area contributed by atoms with Crippen molar-refractivity contribution in [2.75, 3.05) is 25.5 Å². The van der Waals surface area contributed by atoms with E-state index in [0.717, 1.165) is 37.7 Å². The lowest BCUT2D eigenvalue weighted by molar-refractivity contribution is -0.528. The van der Waals surface area contributed by atoms with Gasteiger partial charge in [-0.3, -0.25) is 10.3 Å². The maximum Gasteiger partial charge on any atom is 0.416 e. The highest BCUT2D eigenvalue weighted by Gasteiger charge is 2.32. The number of likely N-dealkylation sites (tertiary alicyclic amines) is 1. The van der Waals surface area contributed by atoms with Crippen molar-refractivity contribution in [1.29, 1.82) is 5.41 Å². The SMILES string of the molecule is CN1CCC[C@@H]1COc1cc(Nc2nc3ncc(O/C(C=N)=C4\C=NC=C[NH2+]4)c(Cl)c3n2C)cc(C(F)(F)F)c1. The molecule has 1 fully saturated rings. The number of rotatable bonds is 8. The molecule has 1 aromatic carbocycles. The number of nitrogens with one attached hydrogen (secondary N) is 2. The Morgan fingerprint density at radius 1 is 1.30 bits per heavy atom. The number of allylic oxidation sites excluding steroid dienone is 2. The van der Waals surface area contributed by atoms with E-state index in [1.165, 1.54) is 12.3 Å². The lowest BCUT2D eigenvalue weighted by Gasteiger charge is -2.20. The number of aliphatic imine (C=N–C) groups is 1. The van der Waals surface area contributed by atoms with E-state index < -0.39 is 11.7 Å². The van der Waals surface area contributed by atoms with E-state index in [1.807, 2.05) is 7.05 Å². The molecule has 0 spiro atoms. The first-order valence-corrected chi connectivity index (χ1v) is 12.8. The number of aromatic nitrogens is 3. The van der Waals surface area contributed by atoms with E-state index in [4.69, 9.17) is 26.5 Å². The minimum Gasteiger partial charge on any atom is -0.492 e. The average molecular weight is 576 g/mol. The number of hydrogen-bond acceptors (Lipinski definition) is 8. The molecule has 5 rings (SSSR count). The van der Waals surface area contributed by atoms with Gasteiger partial charge < -0.3 is 29.7 Å². The number of pyridine rings is 1. The van der Waals surface area contributed by atoms with Gasteiger partial charge in [-0.15, -0.1) is 0 Å². The predicted octanol–water partition coefficient (Wildman–Crippen LogP) is 4.22. The molecule has 0 unspecified atom stereocenters. The van der Waals surface area contributed by atoms with Crippen molar-refractivity contribution in [2.24, 2.45) is 12.0 Å². The van der Waals surface area contributed by atoms with Crippen LogP contribution in [0.25, 0.3) is 11.2 Å². The van der Waals surface area contributed by atoms with Crippen molar-refractivity contribution in [1.82, 2.24) is 19.4 Å². The molecule has 4 N–H and O–H groups in total. The minimum atomic E-state index is -4.57. The number of aryl methyl sites for hydroxylation is 1. The van der Waals surface area contributed by atoms with Crippen LogP contribution in [-0.2, 0) is 13.2 Å². The third-order valence-electron chi connectivity index (χ3n) is 6.71. The zero-order chi connectivity index (χ0) is 28.4. The molecule has 40 heavy (non-hydrogen) atoms. The number of anilines is 2. The van der Waals surface area contributed by atoms with E-state index in [0.29, 0.717) is 17.8 Å². The Hall–Kier alpha value is -3.94. The second-order valence-electron chi connectivity index (χ2n) is 9.41. The number of fused-ring (bicyclic) bond motifs is 1. The summed E-state index contributed by atoms with van der Waals surface area (Å²) in [5, 5.41) is 12.6. The molecule has 2 aliphatic rings. The molecule has 210 valence electrons. The van der Waals surface area contributed by atoms with Crippen molar-refractivity contribution in [3.8, 4) is 11.5 Å². The van der Waals surface area contributed by atoms with E-state index in [1.54, 1.807) is 35.5 Å². The molecule has 0 radical (unpaired) electrons. The molecule has 14 heteroatoms. The monoisotopic (exact) mass is 575 g/mol. The molecular formula is C26H27ClF3N8O2+. The molecule has 2 aliphatic heterocycles. The topological polar surface area (TPSA) is 117 Å². The van der Waals surface area contributed by atoms with Gasteiger partial charge in [0.05, 0.1) is 30.4 Å². The van der Waals surface area contributed by atoms with E-state index in [2.05, 4.69) is 25.2 Å². The van der Waals surface area contributed by atoms with E-state index in [9.17, 15) is 13.2 Å². The van der Waals surface area contributed by atoms with Gasteiger partial charge >= 0.3 is 6.18 Å². The summed E-state index contributed by atoms with van der Waals surface area (Å²) in [4.78, 5) is 14.9. The zero-order valence-electron chi connectivity index (χ0n) is 21.7. The number of hydrogen-bond donors (Lipinski definition) is 3. The third-order valence-corrected chi connectivity index (χ3v) is 7.07. The lowest BCUT2D eigenvalue weighted by atomic mass is 10.1. The number of nitrogens with zero attached hydrogens (tertiary/aromatic N) is 5. The molecule has 1 atom stereocenters. The lowest BCUT2D eigenvalue weighted by Crippen LogP contribution is -2.77. The van der Waals surface area contributed by atoms with Gasteiger partial charge in [0.25, 0.3) is 0 Å². The summed E-state index contributed by atoms with van der Waals surface area (Å²) >= 11 is 6.65. The van der Waals surface area contributed by atoms with Gasteiger partial charge in [0.1, 0.15) is 29.1 Å². The fraction of sp³-hybridized carbons (Fsp3) is 0.308. The van der Waals surface area contributed by atoms with Crippen LogP contribution >= 0.6 is 11.6 Å². The number of imidazole rings is 1. The number of halogens is 4. The molecule has 0 aliphatic carbocycles. The van der Waals surface area contributed by atoms with Gasteiger partial charge in [-0.25, -0.2) is 4.98 Å². The Bertz CT molecular complexity index is 1530. The van der Waals surface area contributed by atoms with Gasteiger partial charge in [-0.2, -0.15) is 18.2 Å². The number of likely N-dealkylation sites (N-methyl/N-ethyl adjacent to an activating group) is 1. The third kappa shape index (κ3) is 5.81. The molecule has 4 heterocycles. The van der Waals surface area contributed by atoms with Gasteiger partial charge in [-0.05, 0) is 38.6 Å². The molecule has 0 bridgehead atoms. The van der Waals surface area contributed by atoms with Crippen LogP contribution in [0.5, 0.6) is 11.5 Å². The molecule has 1 saturated heterocycles. The highest BCUT2D eigenvalue weighted by molar-refractivity contribution is 6.36. The molecule has 3 aromatic rings. The maximum atomic E-state index is 13.7. The van der Waals surface area contributed by atoms with Crippen LogP contribution in [0.3, 0.4) is 0 Å². The van der Waals surface area contributed by atoms with Gasteiger partial charge in [0, 0.05) is 24.8 Å². The molecule has 2 aromatic heterocycles. The second-order valence-corrected chi connectivity index (χ2v) is 9.79. The quantitative estimate of drug-likeness (QED) is 0.274. The molecule has 10 nitrogen and oxygen atoms in total. The van der Waals surface area contributed by atoms with Crippen molar-refractivity contribution >= 4 is 46.8 Å². The Labute approximate surface area is 232 Å². The number of benzene rings is 1. The fourth-order valence-corrected chi connectivity index (χ4v) is 4.82. The van der Waals surface area contributed by atoms with Crippen molar-refractivity contribution in [3.05, 3.63) is 58.8 Å². The first-order valence-electron chi connectivity index (χ1n) is 12.4. The summed E-state index contributed by atoms with van der Waals surface area (Å²) in [6.07, 6.45) is 4.65. The van der Waals surface area contributed by atoms with Crippen LogP contribution in [-0.4, -0.2) is 58.1 Å². The Balaban J connectivity index is 1.43. The van der Waals surface area contributed by atoms with Crippen LogP contribution in [0.2, 0.25) is 5.02 Å². The normalized spacial score (nSPS) is 18.8. The summed E-state index contributed by atoms with van der Waals surface area (Å²) in [6, 6.07) is 3.65. The smallest absolute Gasteiger partial charge is 0.416 e. The second kappa shape index (κ2) is 11.3. The number of ether oxygens (including phenoxy) is 2. The predicted molar refractivity (Wildman–Crippen MR) is 145 cm³/mol. The van der Waals surface area contributed by atoms with E-state index in [-0.39, 0.29) is 45.6 Å². The van der Waals surface area contributed by atoms with Crippen molar-refractivity contribution in [3.63, 3.8) is 0 Å². The average Bonchev–Trinajstić information content (AvgIpc) is 3.49. The first kappa shape index (κ1) is 27.6. The van der Waals surface area contributed by atoms with Crippen LogP contribution in [0, 0.1) is 5.41 Å². The van der Waals surface area contributed by atoms with Crippen molar-refractivity contribution in [2.45, 2.75) is 25.1 Å². The van der Waals surface area contributed by atoms with Gasteiger partial charge in [0.2, 0.25) is 11.7 Å². The number of alkyl halides is 3. The van der Waals surface area contributed by atoms with Crippen molar-refractivity contribution < 1.29 is 28.0 Å². The van der Waals surface area contributed by atoms with Crippen LogP contribution in [0.1, 0.15) is 18.4 Å². The molecule has 0 saturated carbocycles. The standard InChI is InChI=1S/C26H26ClF3N8O2/c1-37-7-3-4-17(37)14-39-18-9-15(26(28,29)30)8-16(10-18)35-25-36-24-23(38(25)2)22(27)21(13-34-24)40-20(11-31)19-12-32-5-6-33-19/h5-6,8-13,17,31,33H,3-4,7,14H2,1-2H3,(H,34,35,36)/p+1/b20-19+,31-11?/t17-/m1/s1. The molecular weight excluding hydrogens is 549 g/mol. The Morgan fingerprint density at radius 3 is 2.80 bits per heavy atom. The maximum absolute atomic E-state index is 13.7. The zero-order valence-corrected chi connectivity index (χ0v) is 22.4. The largest absolute Gasteiger partial charge is 0.492 e. The summed E-state index contributed by atoms with van der Waals surface area (Å²) in [5.41, 5.74) is 0.524. The highest BCUT2D eigenvalue weighted by atomic mass is 35.5. The summed E-state index contributed by atoms with van der Waals surface area (Å²) in [6.45, 7) is 1.23. The van der Waals surface area contributed by atoms with Crippen LogP contribution < -0.4 is 20.1 Å². The Kier molecular flexibility index (Phi) is 7.79. The fourth-order valence-electron chi connectivity index (χ4n) is 4.52. The minimum absolute atomic E-state index is 0.105. The Morgan fingerprint density at radius 2 is 2.12 bits per heavy atom. The molecule has 0 amide bonds. The van der Waals surface area contributed by atoms with Gasteiger partial charge in [0.15, 0.2) is 17.1 Å². The number of nitrogens with two attached hydrogens (primary N) is 1. The van der Waals surface area contributed by atoms with E-state index >= 15 is 0 Å². The number of quaternary nitrogens is 1. The summed E-state index contributed by atoms with van der Waals surface area (Å²) in [7, 11) is 3.63. The van der Waals surface area contributed by atoms with Crippen LogP contribution in [0.4, 0.5) is 24.8 Å². The summed E-state index contributed by atoms with van der Waals surface area (Å²) < 4.78 is 54.4. The highest BCUT2D eigenvalue weighted by Crippen LogP contribution is 2.37. The summed E-state index contributed by atoms with van der Waals surface area (Å²) in [5.74, 6) is 0.703. The van der Waals surface area contributed by atoms with Crippen LogP contribution in [0.15, 0.2) is 53.2 Å². The first-order chi connectivity index (χ1) is 19.1.